The molecule has 0 unspecified atom stereocenters. The van der Waals surface area contributed by atoms with Crippen molar-refractivity contribution in [1.29, 1.82) is 0 Å². The molecule has 0 radical (unpaired) electrons. The minimum absolute atomic E-state index is 0.151. The quantitative estimate of drug-likeness (QED) is 0.274. The first-order valence-corrected chi connectivity index (χ1v) is 13.4. The fraction of sp³-hybridized carbons (Fsp3) is 0.267. The number of hydrogen-bond donors (Lipinski definition) is 2. The summed E-state index contributed by atoms with van der Waals surface area (Å²) in [6, 6.07) is 14.8. The van der Waals surface area contributed by atoms with Gasteiger partial charge in [-0.15, -0.1) is 0 Å². The van der Waals surface area contributed by atoms with E-state index in [0.717, 1.165) is 12.1 Å². The third kappa shape index (κ3) is 6.53. The van der Waals surface area contributed by atoms with E-state index < -0.39 is 35.8 Å². The normalized spacial score (nSPS) is 16.7. The number of aromatic nitrogens is 3. The van der Waals surface area contributed by atoms with E-state index in [1.54, 1.807) is 29.8 Å². The van der Waals surface area contributed by atoms with Crippen molar-refractivity contribution in [3.63, 3.8) is 0 Å². The van der Waals surface area contributed by atoms with Gasteiger partial charge in [-0.1, -0.05) is 24.3 Å². The highest BCUT2D eigenvalue weighted by Crippen LogP contribution is 2.32. The first kappa shape index (κ1) is 29.8. The number of anilines is 1. The summed E-state index contributed by atoms with van der Waals surface area (Å²) in [5.41, 5.74) is 3.03. The summed E-state index contributed by atoms with van der Waals surface area (Å²) < 4.78 is 39.2. The molecule has 4 aromatic rings. The fourth-order valence-electron chi connectivity index (χ4n) is 4.78. The number of amides is 2. The Labute approximate surface area is 246 Å². The highest BCUT2D eigenvalue weighted by molar-refractivity contribution is 5.91. The number of halogens is 2. The molecule has 5 rings (SSSR count). The molecule has 0 spiro atoms. The van der Waals surface area contributed by atoms with E-state index in [1.165, 1.54) is 25.4 Å². The average molecular weight is 593 g/mol. The van der Waals surface area contributed by atoms with Crippen LogP contribution in [0.4, 0.5) is 19.4 Å². The van der Waals surface area contributed by atoms with Crippen molar-refractivity contribution in [2.75, 3.05) is 39.2 Å². The number of rotatable bonds is 9. The van der Waals surface area contributed by atoms with Crippen molar-refractivity contribution < 1.29 is 32.7 Å². The Morgan fingerprint density at radius 3 is 2.53 bits per heavy atom. The smallest absolute Gasteiger partial charge is 0.356 e. The van der Waals surface area contributed by atoms with E-state index in [2.05, 4.69) is 15.6 Å². The third-order valence-electron chi connectivity index (χ3n) is 6.95. The van der Waals surface area contributed by atoms with Gasteiger partial charge < -0.3 is 14.8 Å². The number of hydrogen-bond acceptors (Lipinski definition) is 8. The Hall–Kier alpha value is -4.72. The highest BCUT2D eigenvalue weighted by atomic mass is 19.2. The molecule has 2 amide bonds. The van der Waals surface area contributed by atoms with Crippen LogP contribution in [0.15, 0.2) is 66.9 Å². The number of urea groups is 1. The first-order chi connectivity index (χ1) is 20.8. The second kappa shape index (κ2) is 13.1. The number of carbonyl (C=O) groups is 2. The highest BCUT2D eigenvalue weighted by Gasteiger charge is 2.37. The summed E-state index contributed by atoms with van der Waals surface area (Å²) in [7, 11) is 2.84. The molecule has 224 valence electrons. The lowest BCUT2D eigenvalue weighted by Crippen LogP contribution is -2.42. The van der Waals surface area contributed by atoms with Crippen LogP contribution in [0, 0.1) is 18.6 Å². The lowest BCUT2D eigenvalue weighted by Gasteiger charge is -2.20. The number of nitrogens with one attached hydrogen (secondary N) is 2. The molecule has 11 nitrogen and oxygen atoms in total. The van der Waals surface area contributed by atoms with Gasteiger partial charge in [-0.3, -0.25) is 10.2 Å². The number of ether oxygens (including phenoxy) is 2. The molecule has 0 saturated carbocycles. The van der Waals surface area contributed by atoms with Crippen LogP contribution in [0.3, 0.4) is 0 Å². The molecular formula is C30H30F2N6O5. The van der Waals surface area contributed by atoms with Crippen LogP contribution in [-0.2, 0) is 14.3 Å². The Kier molecular flexibility index (Phi) is 9.04. The first-order valence-electron chi connectivity index (χ1n) is 13.4. The molecule has 1 fully saturated rings. The van der Waals surface area contributed by atoms with Gasteiger partial charge >= 0.3 is 12.0 Å². The molecule has 1 aliphatic heterocycles. The zero-order valence-electron chi connectivity index (χ0n) is 23.7. The lowest BCUT2D eigenvalue weighted by atomic mass is 10.0. The maximum absolute atomic E-state index is 14.1. The molecular weight excluding hydrogens is 562 g/mol. The largest absolute Gasteiger partial charge is 0.464 e. The predicted molar refractivity (Wildman–Crippen MR) is 152 cm³/mol. The molecule has 43 heavy (non-hydrogen) atoms. The van der Waals surface area contributed by atoms with Crippen LogP contribution < -0.4 is 10.6 Å². The number of nitrogens with zero attached hydrogens (tertiary/aromatic N) is 4. The standard InChI is InChI=1S/C30H30F2N6O5/c1-18-26(20-10-12-24(33-16-20)29(39)42-3)36-38(21-7-5-4-6-8-21)28(18)35-30(40)34-25-17-37(13-14-41-2)43-27(25)19-9-11-22(31)23(32)15-19/h4-12,15-16,25,27H,13-14,17H2,1-3H3,(H2,34,35,40)/t25-,27+/m1/s1. The molecule has 1 aliphatic rings. The van der Waals surface area contributed by atoms with Gasteiger partial charge in [0, 0.05) is 37.5 Å². The molecule has 2 aromatic carbocycles. The molecule has 2 N–H and O–H groups in total. The zero-order valence-corrected chi connectivity index (χ0v) is 23.7. The van der Waals surface area contributed by atoms with Crippen LogP contribution >= 0.6 is 0 Å². The van der Waals surface area contributed by atoms with Crippen molar-refractivity contribution in [1.82, 2.24) is 25.1 Å². The minimum atomic E-state index is -1.01. The number of methoxy groups -OCH3 is 2. The number of hydroxylamine groups is 2. The number of para-hydroxylation sites is 1. The number of esters is 1. The monoisotopic (exact) mass is 592 g/mol. The minimum Gasteiger partial charge on any atom is -0.464 e. The summed E-state index contributed by atoms with van der Waals surface area (Å²) in [5.74, 6) is -2.15. The maximum Gasteiger partial charge on any atom is 0.356 e. The molecule has 3 heterocycles. The van der Waals surface area contributed by atoms with Crippen molar-refractivity contribution in [2.24, 2.45) is 0 Å². The Morgan fingerprint density at radius 2 is 1.86 bits per heavy atom. The van der Waals surface area contributed by atoms with Gasteiger partial charge in [-0.25, -0.2) is 28.0 Å². The Morgan fingerprint density at radius 1 is 1.07 bits per heavy atom. The Balaban J connectivity index is 1.43. The number of pyridine rings is 1. The maximum atomic E-state index is 14.1. The summed E-state index contributed by atoms with van der Waals surface area (Å²) in [5, 5.41) is 12.2. The summed E-state index contributed by atoms with van der Waals surface area (Å²) in [6.45, 7) is 2.86. The van der Waals surface area contributed by atoms with E-state index in [-0.39, 0.29) is 12.2 Å². The van der Waals surface area contributed by atoms with E-state index in [9.17, 15) is 18.4 Å². The van der Waals surface area contributed by atoms with Crippen molar-refractivity contribution >= 4 is 17.8 Å². The van der Waals surface area contributed by atoms with Gasteiger partial charge in [0.2, 0.25) is 0 Å². The third-order valence-corrected chi connectivity index (χ3v) is 6.95. The van der Waals surface area contributed by atoms with Crippen LogP contribution in [0.1, 0.15) is 27.7 Å². The van der Waals surface area contributed by atoms with Gasteiger partial charge in [0.15, 0.2) is 11.6 Å². The van der Waals surface area contributed by atoms with Crippen LogP contribution in [0.5, 0.6) is 0 Å². The van der Waals surface area contributed by atoms with E-state index in [4.69, 9.17) is 19.4 Å². The number of carbonyl (C=O) groups excluding carboxylic acids is 2. The topological polar surface area (TPSA) is 120 Å². The molecule has 2 atom stereocenters. The molecule has 13 heteroatoms. The molecule has 0 aliphatic carbocycles. The number of benzene rings is 2. The van der Waals surface area contributed by atoms with E-state index in [1.807, 2.05) is 30.3 Å². The average Bonchev–Trinajstić information content (AvgIpc) is 3.57. The summed E-state index contributed by atoms with van der Waals surface area (Å²) in [4.78, 5) is 35.5. The van der Waals surface area contributed by atoms with Gasteiger partial charge in [-0.05, 0) is 48.9 Å². The SMILES string of the molecule is COCCN1C[C@@H](NC(=O)Nc2c(C)c(-c3ccc(C(=O)OC)nc3)nn2-c2ccccc2)[C@H](c2ccc(F)c(F)c2)O1. The van der Waals surface area contributed by atoms with Crippen LogP contribution in [-0.4, -0.2) is 71.8 Å². The van der Waals surface area contributed by atoms with Crippen LogP contribution in [0.2, 0.25) is 0 Å². The molecule has 1 saturated heterocycles. The molecule has 2 aromatic heterocycles. The summed E-state index contributed by atoms with van der Waals surface area (Å²) >= 11 is 0. The van der Waals surface area contributed by atoms with Crippen molar-refractivity contribution in [2.45, 2.75) is 19.1 Å². The lowest BCUT2D eigenvalue weighted by molar-refractivity contribution is -0.154. The van der Waals surface area contributed by atoms with Gasteiger partial charge in [0.05, 0.1) is 31.1 Å². The molecule has 0 bridgehead atoms. The second-order valence-electron chi connectivity index (χ2n) is 9.78. The van der Waals surface area contributed by atoms with E-state index >= 15 is 0 Å². The Bertz CT molecular complexity index is 1600. The van der Waals surface area contributed by atoms with Gasteiger partial charge in [-0.2, -0.15) is 10.2 Å². The van der Waals surface area contributed by atoms with E-state index in [0.29, 0.717) is 47.0 Å². The fourth-order valence-corrected chi connectivity index (χ4v) is 4.78. The zero-order chi connectivity index (χ0) is 30.5. The van der Waals surface area contributed by atoms with Crippen molar-refractivity contribution in [3.05, 3.63) is 95.3 Å². The van der Waals surface area contributed by atoms with Crippen LogP contribution in [0.25, 0.3) is 16.9 Å². The van der Waals surface area contributed by atoms with Gasteiger partial charge in [0.25, 0.3) is 0 Å². The second-order valence-corrected chi connectivity index (χ2v) is 9.78. The van der Waals surface area contributed by atoms with Crippen molar-refractivity contribution in [3.8, 4) is 16.9 Å². The van der Waals surface area contributed by atoms with Gasteiger partial charge in [0.1, 0.15) is 17.6 Å². The summed E-state index contributed by atoms with van der Waals surface area (Å²) in [6.07, 6.45) is 0.741. The predicted octanol–water partition coefficient (Wildman–Crippen LogP) is 4.43.